The fraction of sp³-hybridized carbons (Fsp3) is 0.409. The summed E-state index contributed by atoms with van der Waals surface area (Å²) < 4.78 is 5.57. The number of aliphatic hydroxyl groups is 1. The monoisotopic (exact) mass is 377 g/mol. The maximum atomic E-state index is 12.8. The Morgan fingerprint density at radius 1 is 1.25 bits per heavy atom. The summed E-state index contributed by atoms with van der Waals surface area (Å²) in [6.07, 6.45) is 4.85. The Hall–Kier alpha value is -2.91. The minimum atomic E-state index is -1.06. The Labute approximate surface area is 164 Å². The summed E-state index contributed by atoms with van der Waals surface area (Å²) in [6.45, 7) is 0.246. The first kappa shape index (κ1) is 18.5. The molecule has 144 valence electrons. The van der Waals surface area contributed by atoms with Gasteiger partial charge in [-0.05, 0) is 42.5 Å². The minimum absolute atomic E-state index is 0.0699. The first-order valence-corrected chi connectivity index (χ1v) is 9.67. The van der Waals surface area contributed by atoms with Crippen LogP contribution in [0.1, 0.15) is 48.9 Å². The fourth-order valence-corrected chi connectivity index (χ4v) is 4.54. The first-order valence-electron chi connectivity index (χ1n) is 9.67. The van der Waals surface area contributed by atoms with Gasteiger partial charge in [0.2, 0.25) is 0 Å². The molecule has 1 amide bonds. The van der Waals surface area contributed by atoms with E-state index in [4.69, 9.17) is 10.00 Å². The van der Waals surface area contributed by atoms with E-state index in [9.17, 15) is 9.90 Å². The number of hydrogen-bond acceptors (Lipinski definition) is 5. The van der Waals surface area contributed by atoms with Crippen molar-refractivity contribution in [3.63, 3.8) is 0 Å². The van der Waals surface area contributed by atoms with Crippen LogP contribution >= 0.6 is 0 Å². The summed E-state index contributed by atoms with van der Waals surface area (Å²) >= 11 is 0. The average Bonchev–Trinajstić information content (AvgIpc) is 2.72. The molecule has 1 N–H and O–H groups in total. The van der Waals surface area contributed by atoms with E-state index >= 15 is 0 Å². The van der Waals surface area contributed by atoms with Gasteiger partial charge in [-0.1, -0.05) is 30.3 Å². The summed E-state index contributed by atoms with van der Waals surface area (Å²) in [5.74, 6) is 0. The van der Waals surface area contributed by atoms with Gasteiger partial charge in [0.1, 0.15) is 18.4 Å². The predicted octanol–water partition coefficient (Wildman–Crippen LogP) is 3.49. The lowest BCUT2D eigenvalue weighted by Gasteiger charge is -2.51. The molecule has 1 aromatic heterocycles. The number of aromatic nitrogens is 1. The van der Waals surface area contributed by atoms with Crippen LogP contribution in [0.3, 0.4) is 0 Å². The van der Waals surface area contributed by atoms with Gasteiger partial charge >= 0.3 is 6.09 Å². The van der Waals surface area contributed by atoms with Gasteiger partial charge in [-0.3, -0.25) is 0 Å². The van der Waals surface area contributed by atoms with Crippen molar-refractivity contribution in [2.24, 2.45) is 0 Å². The van der Waals surface area contributed by atoms with Gasteiger partial charge < -0.3 is 14.7 Å². The van der Waals surface area contributed by atoms with Crippen LogP contribution in [0.25, 0.3) is 0 Å². The Kier molecular flexibility index (Phi) is 5.01. The van der Waals surface area contributed by atoms with Crippen molar-refractivity contribution in [1.29, 1.82) is 5.26 Å². The van der Waals surface area contributed by atoms with E-state index in [1.807, 2.05) is 41.3 Å². The molecule has 0 spiro atoms. The van der Waals surface area contributed by atoms with Crippen LogP contribution in [-0.4, -0.2) is 33.2 Å². The van der Waals surface area contributed by atoms with E-state index in [1.165, 1.54) is 0 Å². The molecule has 0 aliphatic carbocycles. The van der Waals surface area contributed by atoms with Gasteiger partial charge in [0, 0.05) is 31.1 Å². The Bertz CT molecular complexity index is 879. The molecule has 2 fully saturated rings. The molecule has 4 rings (SSSR count). The van der Waals surface area contributed by atoms with Crippen LogP contribution in [0.2, 0.25) is 0 Å². The third-order valence-corrected chi connectivity index (χ3v) is 5.84. The van der Waals surface area contributed by atoms with E-state index in [0.717, 1.165) is 24.8 Å². The van der Waals surface area contributed by atoms with Crippen molar-refractivity contribution < 1.29 is 14.6 Å². The normalized spacial score (nSPS) is 26.4. The molecule has 0 radical (unpaired) electrons. The average molecular weight is 377 g/mol. The Morgan fingerprint density at radius 3 is 2.64 bits per heavy atom. The molecule has 2 atom stereocenters. The molecule has 3 heterocycles. The zero-order valence-electron chi connectivity index (χ0n) is 15.6. The van der Waals surface area contributed by atoms with Crippen molar-refractivity contribution in [3.8, 4) is 6.07 Å². The number of rotatable bonds is 3. The molecular formula is C22H23N3O3. The minimum Gasteiger partial charge on any atom is -0.445 e. The third-order valence-electron chi connectivity index (χ3n) is 5.84. The molecule has 6 heteroatoms. The fourth-order valence-electron chi connectivity index (χ4n) is 4.54. The number of benzene rings is 1. The number of nitriles is 1. The van der Waals surface area contributed by atoms with Gasteiger partial charge in [0.25, 0.3) is 0 Å². The topological polar surface area (TPSA) is 86.5 Å². The summed E-state index contributed by atoms with van der Waals surface area (Å²) in [6, 6.07) is 14.9. The second kappa shape index (κ2) is 7.61. The molecule has 2 bridgehead atoms. The molecule has 2 saturated heterocycles. The zero-order chi connectivity index (χ0) is 19.6. The molecule has 2 aliphatic heterocycles. The third kappa shape index (κ3) is 3.58. The van der Waals surface area contributed by atoms with Gasteiger partial charge in [0.15, 0.2) is 0 Å². The second-order valence-electron chi connectivity index (χ2n) is 7.67. The highest BCUT2D eigenvalue weighted by Crippen LogP contribution is 2.44. The smallest absolute Gasteiger partial charge is 0.410 e. The predicted molar refractivity (Wildman–Crippen MR) is 102 cm³/mol. The van der Waals surface area contributed by atoms with Gasteiger partial charge in [-0.25, -0.2) is 9.78 Å². The number of piperidine rings is 2. The first-order chi connectivity index (χ1) is 13.6. The summed E-state index contributed by atoms with van der Waals surface area (Å²) in [7, 11) is 0. The molecule has 28 heavy (non-hydrogen) atoms. The lowest BCUT2D eigenvalue weighted by atomic mass is 9.73. The van der Waals surface area contributed by atoms with Crippen LogP contribution in [0.4, 0.5) is 4.79 Å². The standard InChI is InChI=1S/C22H23N3O3/c23-14-18-11-17(9-10-24-18)22(27)12-19-7-4-8-20(13-22)25(19)21(26)28-15-16-5-2-1-3-6-16/h1-3,5-6,9-11,19-20,27H,4,7-8,12-13,15H2. The van der Waals surface area contributed by atoms with Crippen molar-refractivity contribution >= 4 is 6.09 Å². The molecule has 0 saturated carbocycles. The number of amides is 1. The lowest BCUT2D eigenvalue weighted by molar-refractivity contribution is -0.0896. The van der Waals surface area contributed by atoms with Crippen LogP contribution in [-0.2, 0) is 16.9 Å². The highest BCUT2D eigenvalue weighted by Gasteiger charge is 2.48. The van der Waals surface area contributed by atoms with Crippen LogP contribution in [0.15, 0.2) is 48.7 Å². The lowest BCUT2D eigenvalue weighted by Crippen LogP contribution is -2.58. The summed E-state index contributed by atoms with van der Waals surface area (Å²) in [4.78, 5) is 18.6. The maximum Gasteiger partial charge on any atom is 0.410 e. The van der Waals surface area contributed by atoms with Crippen LogP contribution in [0.5, 0.6) is 0 Å². The number of nitrogens with zero attached hydrogens (tertiary/aromatic N) is 3. The van der Waals surface area contributed by atoms with Crippen molar-refractivity contribution in [2.75, 3.05) is 0 Å². The Balaban J connectivity index is 1.50. The number of fused-ring (bicyclic) bond motifs is 2. The highest BCUT2D eigenvalue weighted by atomic mass is 16.6. The molecule has 1 aromatic carbocycles. The maximum absolute atomic E-state index is 12.8. The molecule has 2 aliphatic rings. The highest BCUT2D eigenvalue weighted by molar-refractivity contribution is 5.69. The van der Waals surface area contributed by atoms with Crippen molar-refractivity contribution in [2.45, 2.75) is 56.4 Å². The zero-order valence-corrected chi connectivity index (χ0v) is 15.6. The second-order valence-corrected chi connectivity index (χ2v) is 7.67. The molecule has 6 nitrogen and oxygen atoms in total. The van der Waals surface area contributed by atoms with E-state index < -0.39 is 5.60 Å². The molecular weight excluding hydrogens is 354 g/mol. The van der Waals surface area contributed by atoms with Crippen molar-refractivity contribution in [1.82, 2.24) is 9.88 Å². The Morgan fingerprint density at radius 2 is 1.96 bits per heavy atom. The summed E-state index contributed by atoms with van der Waals surface area (Å²) in [5.41, 5.74) is 0.893. The number of carbonyl (C=O) groups is 1. The van der Waals surface area contributed by atoms with Gasteiger partial charge in [-0.2, -0.15) is 5.26 Å². The van der Waals surface area contributed by atoms with Crippen LogP contribution in [0, 0.1) is 11.3 Å². The number of pyridine rings is 1. The SMILES string of the molecule is N#Cc1cc(C2(O)CC3CCCC(C2)N3C(=O)OCc2ccccc2)ccn1. The number of hydrogen-bond donors (Lipinski definition) is 1. The quantitative estimate of drug-likeness (QED) is 0.885. The number of ether oxygens (including phenoxy) is 1. The van der Waals surface area contributed by atoms with Crippen LogP contribution < -0.4 is 0 Å². The largest absolute Gasteiger partial charge is 0.445 e. The van der Waals surface area contributed by atoms with E-state index in [1.54, 1.807) is 18.3 Å². The molecule has 2 aromatic rings. The van der Waals surface area contributed by atoms with E-state index in [2.05, 4.69) is 4.98 Å². The molecule has 2 unspecified atom stereocenters. The van der Waals surface area contributed by atoms with Crippen molar-refractivity contribution in [3.05, 3.63) is 65.5 Å². The van der Waals surface area contributed by atoms with Gasteiger partial charge in [0.05, 0.1) is 5.60 Å². The van der Waals surface area contributed by atoms with Gasteiger partial charge in [-0.15, -0.1) is 0 Å². The number of carbonyl (C=O) groups excluding carboxylic acids is 1. The van der Waals surface area contributed by atoms with E-state index in [0.29, 0.717) is 24.1 Å². The van der Waals surface area contributed by atoms with E-state index in [-0.39, 0.29) is 24.8 Å². The summed E-state index contributed by atoms with van der Waals surface area (Å²) in [5, 5.41) is 20.5.